The van der Waals surface area contributed by atoms with Gasteiger partial charge in [0, 0.05) is 19.8 Å². The van der Waals surface area contributed by atoms with Crippen LogP contribution in [0, 0.1) is 19.3 Å². The van der Waals surface area contributed by atoms with E-state index in [0.29, 0.717) is 38.4 Å². The van der Waals surface area contributed by atoms with Crippen LogP contribution in [-0.2, 0) is 9.53 Å². The molecular weight excluding hydrogens is 246 g/mol. The lowest BCUT2D eigenvalue weighted by Gasteiger charge is -2.33. The molecule has 2 rings (SSSR count). The van der Waals surface area contributed by atoms with Crippen LogP contribution in [0.1, 0.15) is 24.2 Å². The number of carbonyl (C=O) groups is 1. The summed E-state index contributed by atoms with van der Waals surface area (Å²) in [6.45, 7) is 5.11. The van der Waals surface area contributed by atoms with E-state index in [1.165, 1.54) is 0 Å². The molecule has 1 aliphatic heterocycles. The molecule has 0 saturated carbocycles. The minimum Gasteiger partial charge on any atom is -0.481 e. The van der Waals surface area contributed by atoms with Crippen LogP contribution in [0.3, 0.4) is 0 Å². The van der Waals surface area contributed by atoms with Gasteiger partial charge in [0.1, 0.15) is 5.82 Å². The largest absolute Gasteiger partial charge is 0.481 e. The maximum absolute atomic E-state index is 11.5. The van der Waals surface area contributed by atoms with Gasteiger partial charge >= 0.3 is 5.97 Å². The summed E-state index contributed by atoms with van der Waals surface area (Å²) in [5.41, 5.74) is 0.963. The number of hydrogen-bond acceptors (Lipinski definition) is 5. The molecule has 0 spiro atoms. The van der Waals surface area contributed by atoms with E-state index < -0.39 is 11.4 Å². The second-order valence-electron chi connectivity index (χ2n) is 4.98. The van der Waals surface area contributed by atoms with Crippen molar-refractivity contribution < 1.29 is 14.6 Å². The second kappa shape index (κ2) is 5.52. The molecule has 0 unspecified atom stereocenters. The number of carboxylic acid groups (broad SMARTS) is 1. The van der Waals surface area contributed by atoms with Crippen molar-refractivity contribution in [2.45, 2.75) is 26.7 Å². The van der Waals surface area contributed by atoms with Crippen molar-refractivity contribution in [1.82, 2.24) is 9.97 Å². The quantitative estimate of drug-likeness (QED) is 0.855. The Morgan fingerprint density at radius 1 is 1.42 bits per heavy atom. The molecule has 1 fully saturated rings. The summed E-state index contributed by atoms with van der Waals surface area (Å²) in [5, 5.41) is 12.5. The third-order valence-electron chi connectivity index (χ3n) is 3.70. The summed E-state index contributed by atoms with van der Waals surface area (Å²) in [6, 6.07) is 0. The average molecular weight is 265 g/mol. The average Bonchev–Trinajstić information content (AvgIpc) is 2.41. The highest BCUT2D eigenvalue weighted by atomic mass is 16.5. The first kappa shape index (κ1) is 13.7. The van der Waals surface area contributed by atoms with Crippen LogP contribution in [0.5, 0.6) is 0 Å². The summed E-state index contributed by atoms with van der Waals surface area (Å²) in [4.78, 5) is 20.0. The van der Waals surface area contributed by atoms with E-state index in [1.54, 1.807) is 6.20 Å². The fourth-order valence-electron chi connectivity index (χ4n) is 2.12. The van der Waals surface area contributed by atoms with Gasteiger partial charge < -0.3 is 15.2 Å². The molecule has 1 saturated heterocycles. The van der Waals surface area contributed by atoms with Gasteiger partial charge in [-0.3, -0.25) is 9.78 Å². The van der Waals surface area contributed by atoms with Gasteiger partial charge in [-0.15, -0.1) is 0 Å². The molecule has 2 N–H and O–H groups in total. The van der Waals surface area contributed by atoms with Crippen molar-refractivity contribution in [3.63, 3.8) is 0 Å². The second-order valence-corrected chi connectivity index (χ2v) is 4.98. The molecule has 0 aliphatic carbocycles. The van der Waals surface area contributed by atoms with Crippen molar-refractivity contribution in [2.24, 2.45) is 5.41 Å². The molecule has 2 heterocycles. The topological polar surface area (TPSA) is 84.3 Å². The lowest BCUT2D eigenvalue weighted by molar-refractivity contribution is -0.153. The van der Waals surface area contributed by atoms with Crippen LogP contribution in [0.15, 0.2) is 6.20 Å². The molecular formula is C13H19N3O3. The van der Waals surface area contributed by atoms with Crippen molar-refractivity contribution in [1.29, 1.82) is 0 Å². The number of nitrogens with one attached hydrogen (secondary N) is 1. The zero-order valence-corrected chi connectivity index (χ0v) is 11.3. The minimum absolute atomic E-state index is 0.350. The van der Waals surface area contributed by atoms with Gasteiger partial charge in [-0.2, -0.15) is 0 Å². The minimum atomic E-state index is -0.778. The van der Waals surface area contributed by atoms with Crippen LogP contribution >= 0.6 is 0 Å². The first-order valence-electron chi connectivity index (χ1n) is 6.39. The number of rotatable bonds is 4. The molecule has 104 valence electrons. The summed E-state index contributed by atoms with van der Waals surface area (Å²) >= 11 is 0. The zero-order valence-electron chi connectivity index (χ0n) is 11.3. The molecule has 0 radical (unpaired) electrons. The molecule has 6 heteroatoms. The van der Waals surface area contributed by atoms with Crippen molar-refractivity contribution >= 4 is 11.8 Å². The third kappa shape index (κ3) is 3.01. The van der Waals surface area contributed by atoms with E-state index >= 15 is 0 Å². The van der Waals surface area contributed by atoms with E-state index in [4.69, 9.17) is 4.74 Å². The number of hydrogen-bond donors (Lipinski definition) is 2. The van der Waals surface area contributed by atoms with Crippen LogP contribution in [0.2, 0.25) is 0 Å². The number of aryl methyl sites for hydroxylation is 2. The van der Waals surface area contributed by atoms with Gasteiger partial charge in [0.05, 0.1) is 23.0 Å². The number of carboxylic acids is 1. The van der Waals surface area contributed by atoms with Gasteiger partial charge in [-0.05, 0) is 26.7 Å². The standard InChI is InChI=1S/C13H19N3O3/c1-9-10(2)16-11(7-14-9)15-8-13(12(17)18)3-5-19-6-4-13/h7H,3-6,8H2,1-2H3,(H,15,16)(H,17,18). The zero-order chi connectivity index (χ0) is 13.9. The molecule has 0 aromatic carbocycles. The number of ether oxygens (including phenoxy) is 1. The Morgan fingerprint density at radius 2 is 2.11 bits per heavy atom. The SMILES string of the molecule is Cc1ncc(NCC2(C(=O)O)CCOCC2)nc1C. The van der Waals surface area contributed by atoms with Gasteiger partial charge in [-0.1, -0.05) is 0 Å². The smallest absolute Gasteiger partial charge is 0.311 e. The lowest BCUT2D eigenvalue weighted by atomic mass is 9.80. The maximum Gasteiger partial charge on any atom is 0.311 e. The molecule has 0 amide bonds. The predicted molar refractivity (Wildman–Crippen MR) is 70.1 cm³/mol. The fraction of sp³-hybridized carbons (Fsp3) is 0.615. The highest BCUT2D eigenvalue weighted by Gasteiger charge is 2.40. The first-order valence-corrected chi connectivity index (χ1v) is 6.39. The number of nitrogens with zero attached hydrogens (tertiary/aromatic N) is 2. The Labute approximate surface area is 112 Å². The van der Waals surface area contributed by atoms with Crippen molar-refractivity contribution in [3.8, 4) is 0 Å². The van der Waals surface area contributed by atoms with Gasteiger partial charge in [0.2, 0.25) is 0 Å². The fourth-order valence-corrected chi connectivity index (χ4v) is 2.12. The Morgan fingerprint density at radius 3 is 2.68 bits per heavy atom. The Bertz CT molecular complexity index is 470. The molecule has 0 atom stereocenters. The number of aliphatic carboxylic acids is 1. The monoisotopic (exact) mass is 265 g/mol. The highest BCUT2D eigenvalue weighted by Crippen LogP contribution is 2.31. The normalized spacial score (nSPS) is 18.0. The summed E-state index contributed by atoms with van der Waals surface area (Å²) < 4.78 is 5.24. The van der Waals surface area contributed by atoms with E-state index in [0.717, 1.165) is 11.4 Å². The number of anilines is 1. The first-order chi connectivity index (χ1) is 9.03. The van der Waals surface area contributed by atoms with E-state index in [1.807, 2.05) is 13.8 Å². The third-order valence-corrected chi connectivity index (χ3v) is 3.70. The van der Waals surface area contributed by atoms with E-state index in [-0.39, 0.29) is 0 Å². The van der Waals surface area contributed by atoms with Crippen molar-refractivity contribution in [2.75, 3.05) is 25.1 Å². The Kier molecular flexibility index (Phi) is 3.99. The Hall–Kier alpha value is -1.69. The molecule has 19 heavy (non-hydrogen) atoms. The van der Waals surface area contributed by atoms with Gasteiger partial charge in [-0.25, -0.2) is 4.98 Å². The van der Waals surface area contributed by atoms with Crippen molar-refractivity contribution in [3.05, 3.63) is 17.6 Å². The summed E-state index contributed by atoms with van der Waals surface area (Å²) in [5.74, 6) is -0.157. The van der Waals surface area contributed by atoms with Crippen LogP contribution in [0.4, 0.5) is 5.82 Å². The highest BCUT2D eigenvalue weighted by molar-refractivity contribution is 5.75. The summed E-state index contributed by atoms with van der Waals surface area (Å²) in [6.07, 6.45) is 2.68. The molecule has 6 nitrogen and oxygen atoms in total. The molecule has 1 aromatic heterocycles. The van der Waals surface area contributed by atoms with Crippen LogP contribution in [0.25, 0.3) is 0 Å². The number of aromatic nitrogens is 2. The van der Waals surface area contributed by atoms with Crippen LogP contribution in [-0.4, -0.2) is 40.8 Å². The summed E-state index contributed by atoms with van der Waals surface area (Å²) in [7, 11) is 0. The lowest BCUT2D eigenvalue weighted by Crippen LogP contribution is -2.42. The Balaban J connectivity index is 2.06. The van der Waals surface area contributed by atoms with E-state index in [9.17, 15) is 9.90 Å². The molecule has 1 aliphatic rings. The van der Waals surface area contributed by atoms with E-state index in [2.05, 4.69) is 15.3 Å². The maximum atomic E-state index is 11.5. The van der Waals surface area contributed by atoms with Crippen LogP contribution < -0.4 is 5.32 Å². The van der Waals surface area contributed by atoms with Gasteiger partial charge in [0.15, 0.2) is 0 Å². The van der Waals surface area contributed by atoms with Gasteiger partial charge in [0.25, 0.3) is 0 Å². The molecule has 1 aromatic rings. The predicted octanol–water partition coefficient (Wildman–Crippen LogP) is 1.39. The molecule has 0 bridgehead atoms.